The summed E-state index contributed by atoms with van der Waals surface area (Å²) in [5, 5.41) is 3.01. The van der Waals surface area contributed by atoms with Crippen molar-refractivity contribution in [1.29, 1.82) is 0 Å². The van der Waals surface area contributed by atoms with E-state index >= 15 is 0 Å². The van der Waals surface area contributed by atoms with Gasteiger partial charge in [0.2, 0.25) is 5.91 Å². The molecule has 0 aliphatic carbocycles. The SMILES string of the molecule is COCC(C)(C)NC(=O)CC1CN(Cc2ccccc2)CCO1. The van der Waals surface area contributed by atoms with Crippen LogP contribution in [0.5, 0.6) is 0 Å². The van der Waals surface area contributed by atoms with Crippen LogP contribution < -0.4 is 5.32 Å². The Morgan fingerprint density at radius 2 is 2.13 bits per heavy atom. The summed E-state index contributed by atoms with van der Waals surface area (Å²) in [6, 6.07) is 10.4. The normalized spacial score (nSPS) is 19.5. The van der Waals surface area contributed by atoms with Gasteiger partial charge in [-0.05, 0) is 19.4 Å². The summed E-state index contributed by atoms with van der Waals surface area (Å²) >= 11 is 0. The van der Waals surface area contributed by atoms with Crippen LogP contribution in [0.2, 0.25) is 0 Å². The third kappa shape index (κ3) is 6.29. The van der Waals surface area contributed by atoms with Crippen molar-refractivity contribution in [3.63, 3.8) is 0 Å². The van der Waals surface area contributed by atoms with Gasteiger partial charge in [0.05, 0.1) is 31.3 Å². The third-order valence-electron chi connectivity index (χ3n) is 3.87. The van der Waals surface area contributed by atoms with Crippen molar-refractivity contribution in [2.24, 2.45) is 0 Å². The summed E-state index contributed by atoms with van der Waals surface area (Å²) in [6.45, 7) is 7.67. The minimum absolute atomic E-state index is 0.0126. The molecule has 1 saturated heterocycles. The largest absolute Gasteiger partial charge is 0.382 e. The van der Waals surface area contributed by atoms with E-state index in [9.17, 15) is 4.79 Å². The molecule has 1 fully saturated rings. The van der Waals surface area contributed by atoms with Gasteiger partial charge in [0, 0.05) is 26.7 Å². The van der Waals surface area contributed by atoms with E-state index in [1.807, 2.05) is 19.9 Å². The van der Waals surface area contributed by atoms with Crippen LogP contribution in [0, 0.1) is 0 Å². The molecule has 5 heteroatoms. The van der Waals surface area contributed by atoms with Crippen molar-refractivity contribution in [3.05, 3.63) is 35.9 Å². The molecule has 1 aliphatic heterocycles. The van der Waals surface area contributed by atoms with Crippen LogP contribution in [0.25, 0.3) is 0 Å². The summed E-state index contributed by atoms with van der Waals surface area (Å²) in [4.78, 5) is 14.5. The summed E-state index contributed by atoms with van der Waals surface area (Å²) in [5.41, 5.74) is 0.934. The first kappa shape index (κ1) is 17.9. The molecule has 1 N–H and O–H groups in total. The minimum atomic E-state index is -0.357. The Labute approximate surface area is 139 Å². The standard InChI is InChI=1S/C18H28N2O3/c1-18(2,14-22-3)19-17(21)11-16-13-20(9-10-23-16)12-15-7-5-4-6-8-15/h4-8,16H,9-14H2,1-3H3,(H,19,21). The van der Waals surface area contributed by atoms with E-state index < -0.39 is 0 Å². The summed E-state index contributed by atoms with van der Waals surface area (Å²) in [7, 11) is 1.64. The lowest BCUT2D eigenvalue weighted by atomic mass is 10.1. The zero-order valence-corrected chi connectivity index (χ0v) is 14.4. The smallest absolute Gasteiger partial charge is 0.223 e. The molecule has 1 aliphatic rings. The molecule has 1 aromatic carbocycles. The number of nitrogens with zero attached hydrogens (tertiary/aromatic N) is 1. The molecule has 5 nitrogen and oxygen atoms in total. The van der Waals surface area contributed by atoms with Gasteiger partial charge < -0.3 is 14.8 Å². The van der Waals surface area contributed by atoms with E-state index in [-0.39, 0.29) is 17.6 Å². The predicted molar refractivity (Wildman–Crippen MR) is 90.2 cm³/mol. The van der Waals surface area contributed by atoms with Crippen molar-refractivity contribution < 1.29 is 14.3 Å². The molecule has 0 radical (unpaired) electrons. The first-order valence-electron chi connectivity index (χ1n) is 8.16. The lowest BCUT2D eigenvalue weighted by molar-refractivity contribution is -0.128. The summed E-state index contributed by atoms with van der Waals surface area (Å²) in [5.74, 6) is 0.0126. The Morgan fingerprint density at radius 3 is 2.83 bits per heavy atom. The highest BCUT2D eigenvalue weighted by Crippen LogP contribution is 2.13. The Kier molecular flexibility index (Phi) is 6.57. The zero-order chi connectivity index (χ0) is 16.7. The van der Waals surface area contributed by atoms with Crippen LogP contribution in [-0.2, 0) is 20.8 Å². The number of hydrogen-bond acceptors (Lipinski definition) is 4. The highest BCUT2D eigenvalue weighted by atomic mass is 16.5. The fourth-order valence-electron chi connectivity index (χ4n) is 2.92. The molecule has 1 atom stereocenters. The highest BCUT2D eigenvalue weighted by Gasteiger charge is 2.26. The van der Waals surface area contributed by atoms with Crippen molar-refractivity contribution in [3.8, 4) is 0 Å². The van der Waals surface area contributed by atoms with E-state index in [0.29, 0.717) is 19.6 Å². The monoisotopic (exact) mass is 320 g/mol. The second-order valence-electron chi connectivity index (χ2n) is 6.78. The van der Waals surface area contributed by atoms with Gasteiger partial charge in [-0.15, -0.1) is 0 Å². The van der Waals surface area contributed by atoms with Gasteiger partial charge in [-0.3, -0.25) is 9.69 Å². The van der Waals surface area contributed by atoms with Crippen LogP contribution in [0.15, 0.2) is 30.3 Å². The second-order valence-corrected chi connectivity index (χ2v) is 6.78. The maximum atomic E-state index is 12.2. The van der Waals surface area contributed by atoms with Crippen molar-refractivity contribution in [2.45, 2.75) is 38.5 Å². The molecule has 23 heavy (non-hydrogen) atoms. The Balaban J connectivity index is 1.80. The Hall–Kier alpha value is -1.43. The molecule has 1 heterocycles. The maximum absolute atomic E-state index is 12.2. The lowest BCUT2D eigenvalue weighted by Crippen LogP contribution is -2.49. The van der Waals surface area contributed by atoms with E-state index in [1.165, 1.54) is 5.56 Å². The molecule has 1 amide bonds. The molecule has 1 aromatic rings. The molecule has 0 aromatic heterocycles. The molecule has 2 rings (SSSR count). The van der Waals surface area contributed by atoms with Crippen LogP contribution in [0.3, 0.4) is 0 Å². The fraction of sp³-hybridized carbons (Fsp3) is 0.611. The molecular weight excluding hydrogens is 292 g/mol. The molecule has 0 spiro atoms. The average molecular weight is 320 g/mol. The maximum Gasteiger partial charge on any atom is 0.223 e. The van der Waals surface area contributed by atoms with Gasteiger partial charge in [-0.1, -0.05) is 30.3 Å². The molecule has 0 bridgehead atoms. The number of carbonyl (C=O) groups is 1. The number of morpholine rings is 1. The Morgan fingerprint density at radius 1 is 1.39 bits per heavy atom. The number of methoxy groups -OCH3 is 1. The molecular formula is C18H28N2O3. The van der Waals surface area contributed by atoms with E-state index in [1.54, 1.807) is 7.11 Å². The average Bonchev–Trinajstić information content (AvgIpc) is 2.47. The number of hydrogen-bond donors (Lipinski definition) is 1. The van der Waals surface area contributed by atoms with Gasteiger partial charge in [0.1, 0.15) is 0 Å². The molecule has 128 valence electrons. The highest BCUT2D eigenvalue weighted by molar-refractivity contribution is 5.77. The van der Waals surface area contributed by atoms with Crippen LogP contribution in [0.1, 0.15) is 25.8 Å². The van der Waals surface area contributed by atoms with Crippen molar-refractivity contribution in [2.75, 3.05) is 33.4 Å². The molecule has 1 unspecified atom stereocenters. The lowest BCUT2D eigenvalue weighted by Gasteiger charge is -2.33. The topological polar surface area (TPSA) is 50.8 Å². The first-order valence-corrected chi connectivity index (χ1v) is 8.16. The van der Waals surface area contributed by atoms with Gasteiger partial charge in [-0.25, -0.2) is 0 Å². The van der Waals surface area contributed by atoms with Crippen LogP contribution in [-0.4, -0.2) is 55.9 Å². The Bertz CT molecular complexity index is 490. The second kappa shape index (κ2) is 8.43. The zero-order valence-electron chi connectivity index (χ0n) is 14.4. The van der Waals surface area contributed by atoms with Crippen molar-refractivity contribution >= 4 is 5.91 Å². The van der Waals surface area contributed by atoms with Crippen LogP contribution in [0.4, 0.5) is 0 Å². The quantitative estimate of drug-likeness (QED) is 0.832. The molecule has 0 saturated carbocycles. The van der Waals surface area contributed by atoms with E-state index in [0.717, 1.165) is 19.6 Å². The van der Waals surface area contributed by atoms with Gasteiger partial charge in [0.15, 0.2) is 0 Å². The number of nitrogens with one attached hydrogen (secondary N) is 1. The number of carbonyl (C=O) groups excluding carboxylic acids is 1. The third-order valence-corrected chi connectivity index (χ3v) is 3.87. The number of ether oxygens (including phenoxy) is 2. The summed E-state index contributed by atoms with van der Waals surface area (Å²) < 4.78 is 10.9. The number of amides is 1. The van der Waals surface area contributed by atoms with Gasteiger partial charge in [0.25, 0.3) is 0 Å². The van der Waals surface area contributed by atoms with E-state index in [4.69, 9.17) is 9.47 Å². The van der Waals surface area contributed by atoms with Crippen LogP contribution >= 0.6 is 0 Å². The minimum Gasteiger partial charge on any atom is -0.382 e. The predicted octanol–water partition coefficient (Wildman–Crippen LogP) is 1.82. The first-order chi connectivity index (χ1) is 11.0. The van der Waals surface area contributed by atoms with Crippen molar-refractivity contribution in [1.82, 2.24) is 10.2 Å². The van der Waals surface area contributed by atoms with Gasteiger partial charge in [-0.2, -0.15) is 0 Å². The summed E-state index contributed by atoms with van der Waals surface area (Å²) in [6.07, 6.45) is 0.337. The number of rotatable bonds is 7. The van der Waals surface area contributed by atoms with Gasteiger partial charge >= 0.3 is 0 Å². The fourth-order valence-corrected chi connectivity index (χ4v) is 2.92. The number of benzene rings is 1. The van der Waals surface area contributed by atoms with E-state index in [2.05, 4.69) is 34.5 Å².